The molecule has 0 radical (unpaired) electrons. The van der Waals surface area contributed by atoms with Crippen LogP contribution < -0.4 is 10.5 Å². The molecule has 0 saturated heterocycles. The number of rotatable bonds is 5. The summed E-state index contributed by atoms with van der Waals surface area (Å²) in [5, 5.41) is 0. The highest BCUT2D eigenvalue weighted by molar-refractivity contribution is 5.77. The van der Waals surface area contributed by atoms with Gasteiger partial charge in [0.15, 0.2) is 0 Å². The van der Waals surface area contributed by atoms with Crippen molar-refractivity contribution in [2.75, 3.05) is 0 Å². The molecule has 0 aliphatic rings. The normalized spacial score (nSPS) is 10.2. The molecule has 19 heavy (non-hydrogen) atoms. The number of hydrogen-bond donors (Lipinski definition) is 0. The lowest BCUT2D eigenvalue weighted by molar-refractivity contribution is -0.116. The molecule has 1 aromatic carbocycles. The highest BCUT2D eigenvalue weighted by atomic mass is 16.7. The van der Waals surface area contributed by atoms with Crippen molar-refractivity contribution in [3.8, 4) is 0 Å². The van der Waals surface area contributed by atoms with Crippen LogP contribution in [-0.4, -0.2) is 15.5 Å². The van der Waals surface area contributed by atoms with Gasteiger partial charge in [-0.15, -0.1) is 4.73 Å². The quantitative estimate of drug-likeness (QED) is 0.802. The Morgan fingerprint density at radius 3 is 2.63 bits per heavy atom. The Morgan fingerprint density at radius 2 is 2.00 bits per heavy atom. The van der Waals surface area contributed by atoms with Gasteiger partial charge in [-0.25, -0.2) is 4.79 Å². The van der Waals surface area contributed by atoms with Gasteiger partial charge in [-0.05, 0) is 18.6 Å². The number of ketones is 1. The smallest absolute Gasteiger partial charge is 0.380 e. The molecule has 5 nitrogen and oxygen atoms in total. The van der Waals surface area contributed by atoms with E-state index in [4.69, 9.17) is 4.84 Å². The minimum atomic E-state index is -0.519. The number of hydrogen-bond acceptors (Lipinski definition) is 4. The van der Waals surface area contributed by atoms with Gasteiger partial charge in [-0.3, -0.25) is 4.79 Å². The fraction of sp³-hybridized carbons (Fsp3) is 0.214. The fourth-order valence-corrected chi connectivity index (χ4v) is 1.60. The van der Waals surface area contributed by atoms with Crippen LogP contribution in [0.2, 0.25) is 0 Å². The van der Waals surface area contributed by atoms with Crippen molar-refractivity contribution in [2.45, 2.75) is 20.0 Å². The van der Waals surface area contributed by atoms with Crippen LogP contribution >= 0.6 is 0 Å². The zero-order chi connectivity index (χ0) is 13.7. The zero-order valence-electron chi connectivity index (χ0n) is 10.6. The maximum Gasteiger partial charge on any atom is 0.380 e. The predicted molar refractivity (Wildman–Crippen MR) is 69.6 cm³/mol. The lowest BCUT2D eigenvalue weighted by Crippen LogP contribution is -2.29. The predicted octanol–water partition coefficient (Wildman–Crippen LogP) is 1.00. The Balaban J connectivity index is 2.05. The molecular weight excluding hydrogens is 244 g/mol. The molecule has 0 atom stereocenters. The summed E-state index contributed by atoms with van der Waals surface area (Å²) in [6.07, 6.45) is 1.64. The summed E-state index contributed by atoms with van der Waals surface area (Å²) >= 11 is 0. The van der Waals surface area contributed by atoms with E-state index >= 15 is 0 Å². The van der Waals surface area contributed by atoms with Gasteiger partial charge < -0.3 is 4.84 Å². The second kappa shape index (κ2) is 5.95. The van der Waals surface area contributed by atoms with E-state index in [9.17, 15) is 9.59 Å². The monoisotopic (exact) mass is 258 g/mol. The van der Waals surface area contributed by atoms with E-state index in [-0.39, 0.29) is 18.8 Å². The summed E-state index contributed by atoms with van der Waals surface area (Å²) in [4.78, 5) is 31.7. The van der Waals surface area contributed by atoms with Gasteiger partial charge in [0.25, 0.3) is 0 Å². The third-order valence-corrected chi connectivity index (χ3v) is 2.47. The molecule has 5 heteroatoms. The topological polar surface area (TPSA) is 61.2 Å². The van der Waals surface area contributed by atoms with E-state index in [1.54, 1.807) is 6.07 Å². The molecule has 0 aliphatic carbocycles. The summed E-state index contributed by atoms with van der Waals surface area (Å²) in [5.41, 5.74) is 0.897. The van der Waals surface area contributed by atoms with E-state index in [0.29, 0.717) is 5.69 Å². The van der Waals surface area contributed by atoms with Crippen molar-refractivity contribution in [1.29, 1.82) is 0 Å². The largest absolute Gasteiger partial charge is 0.405 e. The number of carbonyl (C=O) groups excluding carboxylic acids is 1. The molecule has 0 fully saturated rings. The highest BCUT2D eigenvalue weighted by Crippen LogP contribution is 1.98. The second-order valence-corrected chi connectivity index (χ2v) is 4.17. The maximum atomic E-state index is 11.7. The fourth-order valence-electron chi connectivity index (χ4n) is 1.60. The molecule has 0 aliphatic heterocycles. The van der Waals surface area contributed by atoms with E-state index < -0.39 is 5.69 Å². The minimum Gasteiger partial charge on any atom is -0.405 e. The SMILES string of the molecule is CC(=O)Cc1ccn(OCc2ccccc2)c(=O)n1. The first-order valence-electron chi connectivity index (χ1n) is 5.90. The summed E-state index contributed by atoms with van der Waals surface area (Å²) in [5.74, 6) is -0.0325. The van der Waals surface area contributed by atoms with Crippen molar-refractivity contribution in [1.82, 2.24) is 9.71 Å². The number of nitrogens with zero attached hydrogens (tertiary/aromatic N) is 2. The number of benzene rings is 1. The Labute approximate surface area is 110 Å². The molecule has 0 amide bonds. The molecule has 0 bridgehead atoms. The average molecular weight is 258 g/mol. The van der Waals surface area contributed by atoms with Crippen LogP contribution in [-0.2, 0) is 17.8 Å². The van der Waals surface area contributed by atoms with Crippen LogP contribution in [0.3, 0.4) is 0 Å². The first-order chi connectivity index (χ1) is 9.15. The molecule has 2 rings (SSSR count). The standard InChI is InChI=1S/C14H14N2O3/c1-11(17)9-13-7-8-16(14(18)15-13)19-10-12-5-3-2-4-6-12/h2-8H,9-10H2,1H3. The maximum absolute atomic E-state index is 11.7. The summed E-state index contributed by atoms with van der Waals surface area (Å²) in [6.45, 7) is 1.74. The van der Waals surface area contributed by atoms with Gasteiger partial charge in [0.2, 0.25) is 0 Å². The van der Waals surface area contributed by atoms with Crippen LogP contribution in [0.15, 0.2) is 47.4 Å². The molecule has 0 N–H and O–H groups in total. The van der Waals surface area contributed by atoms with Crippen molar-refractivity contribution in [2.24, 2.45) is 0 Å². The van der Waals surface area contributed by atoms with Gasteiger partial charge in [-0.1, -0.05) is 30.3 Å². The Kier molecular flexibility index (Phi) is 4.07. The average Bonchev–Trinajstić information content (AvgIpc) is 2.38. The van der Waals surface area contributed by atoms with Gasteiger partial charge in [0.05, 0.1) is 11.9 Å². The molecule has 2 aromatic rings. The van der Waals surface area contributed by atoms with Crippen molar-refractivity contribution in [3.05, 3.63) is 64.3 Å². The number of Topliss-reactive ketones (excluding diaryl/α,β-unsaturated/α-hetero) is 1. The molecule has 0 saturated carbocycles. The first kappa shape index (κ1) is 13.0. The van der Waals surface area contributed by atoms with Gasteiger partial charge >= 0.3 is 5.69 Å². The second-order valence-electron chi connectivity index (χ2n) is 4.17. The molecule has 1 aromatic heterocycles. The van der Waals surface area contributed by atoms with E-state index in [1.807, 2.05) is 30.3 Å². The molecule has 0 unspecified atom stereocenters. The highest BCUT2D eigenvalue weighted by Gasteiger charge is 2.03. The van der Waals surface area contributed by atoms with E-state index in [1.165, 1.54) is 13.1 Å². The van der Waals surface area contributed by atoms with Crippen LogP contribution in [0, 0.1) is 0 Å². The molecule has 1 heterocycles. The summed E-state index contributed by atoms with van der Waals surface area (Å²) in [6, 6.07) is 11.1. The van der Waals surface area contributed by atoms with Gasteiger partial charge in [0.1, 0.15) is 12.4 Å². The van der Waals surface area contributed by atoms with Crippen molar-refractivity contribution in [3.63, 3.8) is 0 Å². The molecular formula is C14H14N2O3. The van der Waals surface area contributed by atoms with Crippen molar-refractivity contribution < 1.29 is 9.63 Å². The third-order valence-electron chi connectivity index (χ3n) is 2.47. The number of carbonyl (C=O) groups is 1. The van der Waals surface area contributed by atoms with Gasteiger partial charge in [-0.2, -0.15) is 4.98 Å². The summed E-state index contributed by atoms with van der Waals surface area (Å²) in [7, 11) is 0. The van der Waals surface area contributed by atoms with Gasteiger partial charge in [0, 0.05) is 6.42 Å². The minimum absolute atomic E-state index is 0.0325. The zero-order valence-corrected chi connectivity index (χ0v) is 10.6. The van der Waals surface area contributed by atoms with Crippen LogP contribution in [0.5, 0.6) is 0 Å². The van der Waals surface area contributed by atoms with E-state index in [0.717, 1.165) is 10.3 Å². The van der Waals surface area contributed by atoms with E-state index in [2.05, 4.69) is 4.98 Å². The summed E-state index contributed by atoms with van der Waals surface area (Å²) < 4.78 is 1.07. The van der Waals surface area contributed by atoms with Crippen LogP contribution in [0.1, 0.15) is 18.2 Å². The molecule has 0 spiro atoms. The lowest BCUT2D eigenvalue weighted by atomic mass is 10.2. The Morgan fingerprint density at radius 1 is 1.26 bits per heavy atom. The number of aromatic nitrogens is 2. The first-order valence-corrected chi connectivity index (χ1v) is 5.90. The van der Waals surface area contributed by atoms with Crippen LogP contribution in [0.4, 0.5) is 0 Å². The third kappa shape index (κ3) is 3.77. The lowest BCUT2D eigenvalue weighted by Gasteiger charge is -2.07. The Bertz CT molecular complexity index is 620. The molecule has 98 valence electrons. The Hall–Kier alpha value is -2.43. The van der Waals surface area contributed by atoms with Crippen molar-refractivity contribution >= 4 is 5.78 Å². The van der Waals surface area contributed by atoms with Crippen LogP contribution in [0.25, 0.3) is 0 Å².